The third kappa shape index (κ3) is 3.09. The maximum atomic E-state index is 13.4. The molecule has 6 heteroatoms. The molecule has 0 fully saturated rings. The minimum atomic E-state index is -1.00. The highest BCUT2D eigenvalue weighted by Crippen LogP contribution is 2.45. The normalized spacial score (nSPS) is 15.2. The fraction of sp³-hybridized carbons (Fsp3) is 0.0800. The first-order valence-corrected chi connectivity index (χ1v) is 9.92. The van der Waals surface area contributed by atoms with Crippen LogP contribution in [0.3, 0.4) is 0 Å². The van der Waals surface area contributed by atoms with Crippen molar-refractivity contribution in [3.63, 3.8) is 0 Å². The van der Waals surface area contributed by atoms with Crippen molar-refractivity contribution in [1.82, 2.24) is 10.2 Å². The predicted octanol–water partition coefficient (Wildman–Crippen LogP) is 4.83. The maximum Gasteiger partial charge on any atom is 0.335 e. The molecule has 2 heterocycles. The van der Waals surface area contributed by atoms with Gasteiger partial charge in [0.2, 0.25) is 0 Å². The van der Waals surface area contributed by atoms with E-state index in [0.717, 1.165) is 27.9 Å². The molecule has 0 unspecified atom stereocenters. The van der Waals surface area contributed by atoms with Crippen LogP contribution in [0.5, 0.6) is 0 Å². The third-order valence-corrected chi connectivity index (χ3v) is 5.60. The second-order valence-corrected chi connectivity index (χ2v) is 7.57. The van der Waals surface area contributed by atoms with Gasteiger partial charge in [-0.2, -0.15) is 5.10 Å². The number of rotatable bonds is 4. The minimum Gasteiger partial charge on any atom is -0.478 e. The van der Waals surface area contributed by atoms with Crippen molar-refractivity contribution in [2.45, 2.75) is 13.0 Å². The standard InChI is InChI=1S/C25H19N3O3/c1-15-7-9-17(10-8-15)23-20-21(16-5-3-2-4-6-16)26-27-22(20)24(29)28(23)19-13-11-18(12-14-19)25(30)31/h2-14,23H,1H3,(H,26,27)(H,30,31)/t23-/m0/s1. The number of hydrogen-bond acceptors (Lipinski definition) is 3. The smallest absolute Gasteiger partial charge is 0.335 e. The zero-order valence-corrected chi connectivity index (χ0v) is 16.7. The van der Waals surface area contributed by atoms with E-state index in [-0.39, 0.29) is 17.5 Å². The summed E-state index contributed by atoms with van der Waals surface area (Å²) >= 11 is 0. The number of nitrogens with one attached hydrogen (secondary N) is 1. The summed E-state index contributed by atoms with van der Waals surface area (Å²) in [6.45, 7) is 2.02. The molecule has 1 amide bonds. The van der Waals surface area contributed by atoms with Crippen molar-refractivity contribution < 1.29 is 14.7 Å². The number of nitrogens with zero attached hydrogens (tertiary/aromatic N) is 2. The molecule has 0 spiro atoms. The Morgan fingerprint density at radius 2 is 1.65 bits per heavy atom. The third-order valence-electron chi connectivity index (χ3n) is 5.60. The van der Waals surface area contributed by atoms with Crippen LogP contribution in [-0.4, -0.2) is 27.2 Å². The number of carbonyl (C=O) groups excluding carboxylic acids is 1. The zero-order valence-electron chi connectivity index (χ0n) is 16.7. The number of amides is 1. The van der Waals surface area contributed by atoms with Crippen LogP contribution >= 0.6 is 0 Å². The Kier molecular flexibility index (Phi) is 4.40. The van der Waals surface area contributed by atoms with Gasteiger partial charge in [0.15, 0.2) is 0 Å². The lowest BCUT2D eigenvalue weighted by atomic mass is 9.95. The van der Waals surface area contributed by atoms with Crippen LogP contribution in [-0.2, 0) is 0 Å². The molecular formula is C25H19N3O3. The van der Waals surface area contributed by atoms with Crippen LogP contribution in [0, 0.1) is 6.92 Å². The molecule has 3 aromatic carbocycles. The van der Waals surface area contributed by atoms with Crippen molar-refractivity contribution in [3.05, 3.63) is 107 Å². The van der Waals surface area contributed by atoms with Crippen LogP contribution in [0.25, 0.3) is 11.3 Å². The number of fused-ring (bicyclic) bond motifs is 1. The molecule has 2 N–H and O–H groups in total. The maximum absolute atomic E-state index is 13.4. The van der Waals surface area contributed by atoms with Crippen molar-refractivity contribution in [1.29, 1.82) is 0 Å². The number of anilines is 1. The molecule has 0 bridgehead atoms. The molecule has 1 aromatic heterocycles. The van der Waals surface area contributed by atoms with E-state index in [0.29, 0.717) is 11.4 Å². The highest BCUT2D eigenvalue weighted by Gasteiger charge is 2.43. The van der Waals surface area contributed by atoms with Crippen molar-refractivity contribution in [2.24, 2.45) is 0 Å². The van der Waals surface area contributed by atoms with E-state index in [9.17, 15) is 14.7 Å². The van der Waals surface area contributed by atoms with Gasteiger partial charge >= 0.3 is 5.97 Å². The first-order valence-electron chi connectivity index (χ1n) is 9.92. The molecule has 0 saturated carbocycles. The molecule has 1 aliphatic heterocycles. The average molecular weight is 409 g/mol. The molecule has 0 radical (unpaired) electrons. The molecular weight excluding hydrogens is 390 g/mol. The Morgan fingerprint density at radius 1 is 0.968 bits per heavy atom. The summed E-state index contributed by atoms with van der Waals surface area (Å²) in [6.07, 6.45) is 0. The molecule has 5 rings (SSSR count). The lowest BCUT2D eigenvalue weighted by molar-refractivity contribution is 0.0696. The van der Waals surface area contributed by atoms with E-state index in [2.05, 4.69) is 10.2 Å². The van der Waals surface area contributed by atoms with Gasteiger partial charge in [0, 0.05) is 16.8 Å². The van der Waals surface area contributed by atoms with Crippen LogP contribution in [0.4, 0.5) is 5.69 Å². The number of aromatic nitrogens is 2. The van der Waals surface area contributed by atoms with Crippen LogP contribution < -0.4 is 4.90 Å². The number of hydrogen-bond donors (Lipinski definition) is 2. The number of carbonyl (C=O) groups is 2. The van der Waals surface area contributed by atoms with E-state index in [1.807, 2.05) is 61.5 Å². The van der Waals surface area contributed by atoms with E-state index >= 15 is 0 Å². The lowest BCUT2D eigenvalue weighted by Crippen LogP contribution is -2.29. The molecule has 6 nitrogen and oxygen atoms in total. The zero-order chi connectivity index (χ0) is 21.5. The Labute approximate surface area is 178 Å². The first-order chi connectivity index (χ1) is 15.0. The molecule has 152 valence electrons. The average Bonchev–Trinajstić information content (AvgIpc) is 3.34. The van der Waals surface area contributed by atoms with Crippen molar-refractivity contribution in [3.8, 4) is 11.3 Å². The van der Waals surface area contributed by atoms with Gasteiger partial charge in [-0.3, -0.25) is 14.8 Å². The molecule has 0 saturated heterocycles. The largest absolute Gasteiger partial charge is 0.478 e. The van der Waals surface area contributed by atoms with E-state index in [4.69, 9.17) is 0 Å². The lowest BCUT2D eigenvalue weighted by Gasteiger charge is -2.26. The van der Waals surface area contributed by atoms with E-state index in [1.165, 1.54) is 12.1 Å². The number of carboxylic acids is 1. The van der Waals surface area contributed by atoms with E-state index < -0.39 is 5.97 Å². The summed E-state index contributed by atoms with van der Waals surface area (Å²) in [5.41, 5.74) is 5.82. The second kappa shape index (κ2) is 7.25. The first kappa shape index (κ1) is 18.8. The van der Waals surface area contributed by atoms with Crippen LogP contribution in [0.1, 0.15) is 43.6 Å². The van der Waals surface area contributed by atoms with Gasteiger partial charge in [0.1, 0.15) is 5.69 Å². The van der Waals surface area contributed by atoms with Crippen molar-refractivity contribution >= 4 is 17.6 Å². The molecule has 4 aromatic rings. The Hall–Kier alpha value is -4.19. The van der Waals surface area contributed by atoms with Gasteiger partial charge in [0.05, 0.1) is 17.3 Å². The molecule has 0 aliphatic carbocycles. The molecule has 31 heavy (non-hydrogen) atoms. The number of aromatic amines is 1. The van der Waals surface area contributed by atoms with Gasteiger partial charge in [-0.05, 0) is 36.8 Å². The topological polar surface area (TPSA) is 86.3 Å². The van der Waals surface area contributed by atoms with Gasteiger partial charge in [-0.15, -0.1) is 0 Å². The van der Waals surface area contributed by atoms with Gasteiger partial charge in [0.25, 0.3) is 5.91 Å². The predicted molar refractivity (Wildman–Crippen MR) is 117 cm³/mol. The second-order valence-electron chi connectivity index (χ2n) is 7.57. The Balaban J connectivity index is 1.69. The number of aromatic carboxylic acids is 1. The highest BCUT2D eigenvalue weighted by atomic mass is 16.4. The van der Waals surface area contributed by atoms with Gasteiger partial charge in [-0.1, -0.05) is 60.2 Å². The Morgan fingerprint density at radius 3 is 2.29 bits per heavy atom. The van der Waals surface area contributed by atoms with Crippen molar-refractivity contribution in [2.75, 3.05) is 4.90 Å². The summed E-state index contributed by atoms with van der Waals surface area (Å²) in [6, 6.07) is 23.8. The minimum absolute atomic E-state index is 0.174. The van der Waals surface area contributed by atoms with Gasteiger partial charge in [-0.25, -0.2) is 4.79 Å². The van der Waals surface area contributed by atoms with Crippen LogP contribution in [0.15, 0.2) is 78.9 Å². The summed E-state index contributed by atoms with van der Waals surface area (Å²) < 4.78 is 0. The number of H-pyrrole nitrogens is 1. The van der Waals surface area contributed by atoms with Gasteiger partial charge < -0.3 is 5.11 Å². The summed E-state index contributed by atoms with van der Waals surface area (Å²) in [5, 5.41) is 16.6. The number of aryl methyl sites for hydroxylation is 1. The summed E-state index contributed by atoms with van der Waals surface area (Å²) in [5.74, 6) is -1.20. The quantitative estimate of drug-likeness (QED) is 0.505. The highest BCUT2D eigenvalue weighted by molar-refractivity contribution is 6.11. The van der Waals surface area contributed by atoms with Crippen LogP contribution in [0.2, 0.25) is 0 Å². The fourth-order valence-corrected chi connectivity index (χ4v) is 4.06. The molecule has 1 aliphatic rings. The fourth-order valence-electron chi connectivity index (χ4n) is 4.06. The number of carboxylic acid groups (broad SMARTS) is 1. The monoisotopic (exact) mass is 409 g/mol. The van der Waals surface area contributed by atoms with E-state index in [1.54, 1.807) is 17.0 Å². The SMILES string of the molecule is Cc1ccc([C@H]2c3c(-c4ccccc4)n[nH]c3C(=O)N2c2ccc(C(=O)O)cc2)cc1. The molecule has 1 atom stereocenters. The summed E-state index contributed by atoms with van der Waals surface area (Å²) in [7, 11) is 0. The Bertz CT molecular complexity index is 1280. The number of benzene rings is 3. The summed E-state index contributed by atoms with van der Waals surface area (Å²) in [4.78, 5) is 26.4.